The zero-order valence-electron chi connectivity index (χ0n) is 19.2. The first-order chi connectivity index (χ1) is 16.3. The monoisotopic (exact) mass is 486 g/mol. The van der Waals surface area contributed by atoms with Crippen LogP contribution < -0.4 is 14.8 Å². The van der Waals surface area contributed by atoms with Gasteiger partial charge in [-0.1, -0.05) is 38.1 Å². The molecule has 0 aromatic heterocycles. The third kappa shape index (κ3) is 5.92. The van der Waals surface area contributed by atoms with E-state index in [2.05, 4.69) is 5.32 Å². The van der Waals surface area contributed by atoms with Crippen molar-refractivity contribution in [3.05, 3.63) is 78.1 Å². The van der Waals surface area contributed by atoms with Gasteiger partial charge in [0.2, 0.25) is 15.9 Å². The first-order valence-electron chi connectivity index (χ1n) is 10.8. The molecule has 180 valence electrons. The third-order valence-electron chi connectivity index (χ3n) is 5.12. The van der Waals surface area contributed by atoms with Gasteiger partial charge in [0.25, 0.3) is 0 Å². The summed E-state index contributed by atoms with van der Waals surface area (Å²) in [6.07, 6.45) is -0.126. The lowest BCUT2D eigenvalue weighted by Gasteiger charge is -2.20. The van der Waals surface area contributed by atoms with Crippen molar-refractivity contribution in [3.63, 3.8) is 0 Å². The van der Waals surface area contributed by atoms with Crippen molar-refractivity contribution in [2.45, 2.75) is 25.2 Å². The van der Waals surface area contributed by atoms with Gasteiger partial charge in [-0.15, -0.1) is 0 Å². The number of hydrogen-bond acceptors (Lipinski definition) is 5. The number of rotatable bonds is 10. The second-order valence-corrected chi connectivity index (χ2v) is 9.29. The molecule has 0 aliphatic rings. The third-order valence-corrected chi connectivity index (χ3v) is 7.17. The van der Waals surface area contributed by atoms with Crippen LogP contribution in [0.4, 0.5) is 10.1 Å². The smallest absolute Gasteiger partial charge is 0.243 e. The fraction of sp³-hybridized carbons (Fsp3) is 0.240. The molecule has 1 N–H and O–H groups in total. The van der Waals surface area contributed by atoms with Gasteiger partial charge in [-0.3, -0.25) is 4.79 Å². The SMILES string of the molecule is CCN(CC)S(=O)(=O)c1ccc(Oc2ccccc2)c(NC(=O)Cc2ccc(OC)c(F)c2)c1. The van der Waals surface area contributed by atoms with Crippen molar-refractivity contribution in [2.24, 2.45) is 0 Å². The van der Waals surface area contributed by atoms with E-state index in [-0.39, 0.29) is 28.5 Å². The summed E-state index contributed by atoms with van der Waals surface area (Å²) in [5.41, 5.74) is 0.629. The molecule has 0 atom stereocenters. The van der Waals surface area contributed by atoms with Crippen molar-refractivity contribution >= 4 is 21.6 Å². The maximum absolute atomic E-state index is 14.0. The highest BCUT2D eigenvalue weighted by Gasteiger charge is 2.23. The zero-order valence-corrected chi connectivity index (χ0v) is 20.1. The summed E-state index contributed by atoms with van der Waals surface area (Å²) >= 11 is 0. The van der Waals surface area contributed by atoms with Crippen molar-refractivity contribution < 1.29 is 27.1 Å². The maximum atomic E-state index is 14.0. The van der Waals surface area contributed by atoms with Crippen molar-refractivity contribution in [2.75, 3.05) is 25.5 Å². The minimum absolute atomic E-state index is 0.0300. The molecule has 0 spiro atoms. The Morgan fingerprint density at radius 3 is 2.26 bits per heavy atom. The molecule has 0 saturated heterocycles. The topological polar surface area (TPSA) is 84.9 Å². The second kappa shape index (κ2) is 11.1. The number of amides is 1. The highest BCUT2D eigenvalue weighted by atomic mass is 32.2. The number of ether oxygens (including phenoxy) is 2. The van der Waals surface area contributed by atoms with Crippen LogP contribution >= 0.6 is 0 Å². The number of anilines is 1. The second-order valence-electron chi connectivity index (χ2n) is 7.36. The van der Waals surface area contributed by atoms with Crippen LogP contribution in [0.3, 0.4) is 0 Å². The number of carbonyl (C=O) groups is 1. The Morgan fingerprint density at radius 1 is 0.971 bits per heavy atom. The van der Waals surface area contributed by atoms with Gasteiger partial charge in [-0.2, -0.15) is 4.31 Å². The fourth-order valence-corrected chi connectivity index (χ4v) is 4.87. The van der Waals surface area contributed by atoms with Gasteiger partial charge in [0, 0.05) is 13.1 Å². The molecule has 3 aromatic carbocycles. The Labute approximate surface area is 199 Å². The molecule has 0 unspecified atom stereocenters. The fourth-order valence-electron chi connectivity index (χ4n) is 3.38. The summed E-state index contributed by atoms with van der Waals surface area (Å²) in [6, 6.07) is 17.5. The van der Waals surface area contributed by atoms with Gasteiger partial charge in [0.15, 0.2) is 17.3 Å². The molecule has 0 fully saturated rings. The molecular weight excluding hydrogens is 459 g/mol. The molecule has 0 aliphatic heterocycles. The molecule has 0 radical (unpaired) electrons. The summed E-state index contributed by atoms with van der Waals surface area (Å²) in [7, 11) is -2.40. The van der Waals surface area contributed by atoms with Gasteiger partial charge >= 0.3 is 0 Å². The van der Waals surface area contributed by atoms with Crippen LogP contribution in [0.15, 0.2) is 71.6 Å². The van der Waals surface area contributed by atoms with E-state index in [1.54, 1.807) is 44.2 Å². The molecule has 34 heavy (non-hydrogen) atoms. The van der Waals surface area contributed by atoms with Crippen LogP contribution in [0.25, 0.3) is 0 Å². The maximum Gasteiger partial charge on any atom is 0.243 e. The Kier molecular flexibility index (Phi) is 8.25. The molecule has 9 heteroatoms. The van der Waals surface area contributed by atoms with Gasteiger partial charge in [-0.05, 0) is 48.0 Å². The Bertz CT molecular complexity index is 1250. The molecule has 0 saturated carbocycles. The van der Waals surface area contributed by atoms with Gasteiger partial charge in [-0.25, -0.2) is 12.8 Å². The lowest BCUT2D eigenvalue weighted by molar-refractivity contribution is -0.115. The van der Waals surface area contributed by atoms with E-state index in [0.29, 0.717) is 24.4 Å². The van der Waals surface area contributed by atoms with E-state index in [9.17, 15) is 17.6 Å². The quantitative estimate of drug-likeness (QED) is 0.443. The lowest BCUT2D eigenvalue weighted by atomic mass is 10.1. The van der Waals surface area contributed by atoms with Crippen LogP contribution in [0.5, 0.6) is 17.2 Å². The standard InChI is InChI=1S/C25H27FN2O5S/c1-4-28(5-2)34(30,31)20-12-14-24(33-19-9-7-6-8-10-19)22(17-20)27-25(29)16-18-11-13-23(32-3)21(26)15-18/h6-15,17H,4-5,16H2,1-3H3,(H,27,29). The van der Waals surface area contributed by atoms with E-state index in [4.69, 9.17) is 9.47 Å². The molecule has 3 rings (SSSR count). The van der Waals surface area contributed by atoms with Crippen molar-refractivity contribution in [1.82, 2.24) is 4.31 Å². The number of para-hydroxylation sites is 1. The van der Waals surface area contributed by atoms with Gasteiger partial charge < -0.3 is 14.8 Å². The van der Waals surface area contributed by atoms with Gasteiger partial charge in [0.1, 0.15) is 5.75 Å². The highest BCUT2D eigenvalue weighted by molar-refractivity contribution is 7.89. The normalized spacial score (nSPS) is 11.3. The molecule has 0 aliphatic carbocycles. The van der Waals surface area contributed by atoms with Gasteiger partial charge in [0.05, 0.1) is 24.1 Å². The number of halogens is 1. The average molecular weight is 487 g/mol. The molecule has 0 heterocycles. The van der Waals surface area contributed by atoms with Crippen LogP contribution in [0.1, 0.15) is 19.4 Å². The summed E-state index contributed by atoms with van der Waals surface area (Å²) in [6.45, 7) is 4.13. The number of sulfonamides is 1. The van der Waals surface area contributed by atoms with Crippen molar-refractivity contribution in [1.29, 1.82) is 0 Å². The highest BCUT2D eigenvalue weighted by Crippen LogP contribution is 2.33. The van der Waals surface area contributed by atoms with Crippen LogP contribution in [-0.2, 0) is 21.2 Å². The lowest BCUT2D eigenvalue weighted by Crippen LogP contribution is -2.30. The van der Waals surface area contributed by atoms with E-state index in [0.717, 1.165) is 0 Å². The first-order valence-corrected chi connectivity index (χ1v) is 12.2. The Balaban J connectivity index is 1.92. The summed E-state index contributed by atoms with van der Waals surface area (Å²) in [5, 5.41) is 2.71. The molecule has 1 amide bonds. The number of methoxy groups -OCH3 is 1. The predicted octanol–water partition coefficient (Wildman–Crippen LogP) is 4.84. The van der Waals surface area contributed by atoms with E-state index < -0.39 is 21.7 Å². The average Bonchev–Trinajstić information content (AvgIpc) is 2.81. The van der Waals surface area contributed by atoms with Crippen molar-refractivity contribution in [3.8, 4) is 17.2 Å². The largest absolute Gasteiger partial charge is 0.494 e. The Morgan fingerprint density at radius 2 is 1.65 bits per heavy atom. The van der Waals surface area contributed by atoms with E-state index in [1.807, 2.05) is 6.07 Å². The minimum Gasteiger partial charge on any atom is -0.494 e. The van der Waals surface area contributed by atoms with Crippen LogP contribution in [0.2, 0.25) is 0 Å². The summed E-state index contributed by atoms with van der Waals surface area (Å²) < 4.78 is 52.2. The number of nitrogens with zero attached hydrogens (tertiary/aromatic N) is 1. The number of hydrogen-bond donors (Lipinski definition) is 1. The van der Waals surface area contributed by atoms with Crippen LogP contribution in [0, 0.1) is 5.82 Å². The van der Waals surface area contributed by atoms with E-state index in [1.165, 1.54) is 41.7 Å². The first kappa shape index (κ1) is 25.2. The molecule has 7 nitrogen and oxygen atoms in total. The number of benzene rings is 3. The summed E-state index contributed by atoms with van der Waals surface area (Å²) in [4.78, 5) is 12.8. The zero-order chi connectivity index (χ0) is 24.7. The van der Waals surface area contributed by atoms with Crippen LogP contribution in [-0.4, -0.2) is 38.8 Å². The minimum atomic E-state index is -3.76. The van der Waals surface area contributed by atoms with E-state index >= 15 is 0 Å². The molecule has 0 bridgehead atoms. The number of nitrogens with one attached hydrogen (secondary N) is 1. The predicted molar refractivity (Wildman–Crippen MR) is 128 cm³/mol. The number of carbonyl (C=O) groups excluding carboxylic acids is 1. The molecular formula is C25H27FN2O5S. The molecule has 3 aromatic rings. The summed E-state index contributed by atoms with van der Waals surface area (Å²) in [5.74, 6) is -0.154. The Hall–Kier alpha value is -3.43.